The van der Waals surface area contributed by atoms with Crippen LogP contribution >= 0.6 is 11.6 Å². The van der Waals surface area contributed by atoms with Crippen molar-refractivity contribution in [2.45, 2.75) is 19.3 Å². The molecule has 1 aliphatic heterocycles. The molecule has 1 aromatic carbocycles. The van der Waals surface area contributed by atoms with E-state index in [4.69, 9.17) is 16.3 Å². The highest BCUT2D eigenvalue weighted by Gasteiger charge is 2.20. The zero-order valence-corrected chi connectivity index (χ0v) is 10.2. The third kappa shape index (κ3) is 3.27. The highest BCUT2D eigenvalue weighted by Crippen LogP contribution is 2.22. The first kappa shape index (κ1) is 12.5. The fraction of sp³-hybridized carbons (Fsp3) is 0.462. The molecular formula is C13H14ClFO2. The van der Waals surface area contributed by atoms with E-state index in [-0.39, 0.29) is 17.2 Å². The molecule has 0 spiro atoms. The number of Topliss-reactive ketones (excluding diaryl/α,β-unsaturated/α-hetero) is 1. The van der Waals surface area contributed by atoms with Crippen molar-refractivity contribution < 1.29 is 13.9 Å². The molecule has 1 aromatic rings. The number of carbonyl (C=O) groups excluding carboxylic acids is 1. The van der Waals surface area contributed by atoms with Gasteiger partial charge in [0.05, 0.1) is 5.02 Å². The fourth-order valence-electron chi connectivity index (χ4n) is 2.04. The lowest BCUT2D eigenvalue weighted by Gasteiger charge is -2.07. The molecule has 0 aliphatic carbocycles. The van der Waals surface area contributed by atoms with Crippen molar-refractivity contribution in [3.63, 3.8) is 0 Å². The average Bonchev–Trinajstić information content (AvgIpc) is 2.77. The Labute approximate surface area is 105 Å². The molecule has 2 rings (SSSR count). The van der Waals surface area contributed by atoms with Gasteiger partial charge in [0.25, 0.3) is 0 Å². The third-order valence-corrected chi connectivity index (χ3v) is 3.38. The Hall–Kier alpha value is -0.930. The minimum Gasteiger partial charge on any atom is -0.381 e. The van der Waals surface area contributed by atoms with E-state index in [0.717, 1.165) is 13.0 Å². The van der Waals surface area contributed by atoms with Crippen molar-refractivity contribution >= 4 is 17.4 Å². The number of halogens is 2. The summed E-state index contributed by atoms with van der Waals surface area (Å²) in [6, 6.07) is 4.55. The SMILES string of the molecule is O=C(Cc1cccc(F)c1Cl)CC1CCOC1. The van der Waals surface area contributed by atoms with Gasteiger partial charge in [0.15, 0.2) is 0 Å². The Morgan fingerprint density at radius 3 is 3.06 bits per heavy atom. The number of hydrogen-bond acceptors (Lipinski definition) is 2. The second kappa shape index (κ2) is 5.61. The first-order valence-corrected chi connectivity index (χ1v) is 6.07. The molecule has 4 heteroatoms. The Kier molecular flexibility index (Phi) is 4.13. The summed E-state index contributed by atoms with van der Waals surface area (Å²) >= 11 is 5.80. The minimum absolute atomic E-state index is 0.0588. The molecule has 0 saturated carbocycles. The second-order valence-corrected chi connectivity index (χ2v) is 4.74. The lowest BCUT2D eigenvalue weighted by Crippen LogP contribution is -2.11. The molecule has 1 unspecified atom stereocenters. The van der Waals surface area contributed by atoms with Gasteiger partial charge in [-0.15, -0.1) is 0 Å². The molecule has 92 valence electrons. The molecule has 0 radical (unpaired) electrons. The number of hydrogen-bond donors (Lipinski definition) is 0. The predicted octanol–water partition coefficient (Wildman–Crippen LogP) is 3.02. The fourth-order valence-corrected chi connectivity index (χ4v) is 2.23. The highest BCUT2D eigenvalue weighted by atomic mass is 35.5. The standard InChI is InChI=1S/C13H14ClFO2/c14-13-10(2-1-3-12(13)15)7-11(16)6-9-4-5-17-8-9/h1-3,9H,4-8H2. The predicted molar refractivity (Wildman–Crippen MR) is 63.7 cm³/mol. The van der Waals surface area contributed by atoms with Crippen molar-refractivity contribution in [3.05, 3.63) is 34.6 Å². The van der Waals surface area contributed by atoms with E-state index < -0.39 is 5.82 Å². The summed E-state index contributed by atoms with van der Waals surface area (Å²) in [5.41, 5.74) is 0.565. The molecule has 2 nitrogen and oxygen atoms in total. The maximum Gasteiger partial charge on any atom is 0.142 e. The number of rotatable bonds is 4. The molecule has 1 heterocycles. The van der Waals surface area contributed by atoms with Gasteiger partial charge in [-0.05, 0) is 24.0 Å². The van der Waals surface area contributed by atoms with Crippen LogP contribution in [0.25, 0.3) is 0 Å². The molecule has 0 aromatic heterocycles. The van der Waals surface area contributed by atoms with E-state index in [1.807, 2.05) is 0 Å². The molecule has 1 fully saturated rings. The van der Waals surface area contributed by atoms with E-state index in [0.29, 0.717) is 24.5 Å². The van der Waals surface area contributed by atoms with Crippen LogP contribution in [-0.2, 0) is 16.0 Å². The van der Waals surface area contributed by atoms with Gasteiger partial charge < -0.3 is 4.74 Å². The van der Waals surface area contributed by atoms with Crippen LogP contribution in [0.2, 0.25) is 5.02 Å². The van der Waals surface area contributed by atoms with Crippen LogP contribution < -0.4 is 0 Å². The number of ketones is 1. The Morgan fingerprint density at radius 1 is 1.53 bits per heavy atom. The van der Waals surface area contributed by atoms with E-state index in [2.05, 4.69) is 0 Å². The van der Waals surface area contributed by atoms with Gasteiger partial charge in [-0.1, -0.05) is 23.7 Å². The van der Waals surface area contributed by atoms with Crippen LogP contribution in [0.1, 0.15) is 18.4 Å². The molecular weight excluding hydrogens is 243 g/mol. The topological polar surface area (TPSA) is 26.3 Å². The van der Waals surface area contributed by atoms with Crippen LogP contribution in [0.15, 0.2) is 18.2 Å². The van der Waals surface area contributed by atoms with Crippen LogP contribution in [0, 0.1) is 11.7 Å². The molecule has 0 amide bonds. The summed E-state index contributed by atoms with van der Waals surface area (Å²) < 4.78 is 18.4. The summed E-state index contributed by atoms with van der Waals surface area (Å²) in [7, 11) is 0. The van der Waals surface area contributed by atoms with Crippen LogP contribution in [-0.4, -0.2) is 19.0 Å². The maximum atomic E-state index is 13.2. The first-order chi connectivity index (χ1) is 8.16. The van der Waals surface area contributed by atoms with Crippen molar-refractivity contribution in [3.8, 4) is 0 Å². The van der Waals surface area contributed by atoms with Crippen molar-refractivity contribution in [1.29, 1.82) is 0 Å². The smallest absolute Gasteiger partial charge is 0.142 e. The quantitative estimate of drug-likeness (QED) is 0.828. The molecule has 0 N–H and O–H groups in total. The van der Waals surface area contributed by atoms with Crippen molar-refractivity contribution in [2.75, 3.05) is 13.2 Å². The summed E-state index contributed by atoms with van der Waals surface area (Å²) in [6.45, 7) is 1.39. The van der Waals surface area contributed by atoms with Crippen molar-refractivity contribution in [2.24, 2.45) is 5.92 Å². The highest BCUT2D eigenvalue weighted by molar-refractivity contribution is 6.31. The minimum atomic E-state index is -0.471. The summed E-state index contributed by atoms with van der Waals surface area (Å²) in [6.07, 6.45) is 1.63. The van der Waals surface area contributed by atoms with Gasteiger partial charge in [0.1, 0.15) is 11.6 Å². The van der Waals surface area contributed by atoms with Crippen molar-refractivity contribution in [1.82, 2.24) is 0 Å². The van der Waals surface area contributed by atoms with E-state index >= 15 is 0 Å². The maximum absolute atomic E-state index is 13.2. The largest absolute Gasteiger partial charge is 0.381 e. The Balaban J connectivity index is 1.95. The summed E-state index contributed by atoms with van der Waals surface area (Å²) in [4.78, 5) is 11.8. The average molecular weight is 257 g/mol. The number of ether oxygens (including phenoxy) is 1. The zero-order chi connectivity index (χ0) is 12.3. The molecule has 1 atom stereocenters. The molecule has 1 aliphatic rings. The van der Waals surface area contributed by atoms with Gasteiger partial charge in [-0.3, -0.25) is 4.79 Å². The third-order valence-electron chi connectivity index (χ3n) is 2.96. The first-order valence-electron chi connectivity index (χ1n) is 5.69. The van der Waals surface area contributed by atoms with Gasteiger partial charge in [-0.2, -0.15) is 0 Å². The van der Waals surface area contributed by atoms with Gasteiger partial charge >= 0.3 is 0 Å². The lowest BCUT2D eigenvalue weighted by molar-refractivity contribution is -0.119. The molecule has 0 bridgehead atoms. The van der Waals surface area contributed by atoms with Gasteiger partial charge in [-0.25, -0.2) is 4.39 Å². The van der Waals surface area contributed by atoms with Gasteiger partial charge in [0.2, 0.25) is 0 Å². The van der Waals surface area contributed by atoms with E-state index in [1.165, 1.54) is 6.07 Å². The van der Waals surface area contributed by atoms with Crippen LogP contribution in [0.4, 0.5) is 4.39 Å². The Morgan fingerprint density at radius 2 is 2.35 bits per heavy atom. The lowest BCUT2D eigenvalue weighted by atomic mass is 9.98. The van der Waals surface area contributed by atoms with E-state index in [9.17, 15) is 9.18 Å². The number of benzene rings is 1. The summed E-state index contributed by atoms with van der Waals surface area (Å²) in [5.74, 6) is -0.0657. The Bertz CT molecular complexity index is 414. The monoisotopic (exact) mass is 256 g/mol. The molecule has 1 saturated heterocycles. The normalized spacial score (nSPS) is 19.5. The van der Waals surface area contributed by atoms with Crippen LogP contribution in [0.3, 0.4) is 0 Å². The van der Waals surface area contributed by atoms with E-state index in [1.54, 1.807) is 12.1 Å². The van der Waals surface area contributed by atoms with Crippen LogP contribution in [0.5, 0.6) is 0 Å². The second-order valence-electron chi connectivity index (χ2n) is 4.36. The van der Waals surface area contributed by atoms with Gasteiger partial charge in [0, 0.05) is 26.1 Å². The number of carbonyl (C=O) groups is 1. The molecule has 17 heavy (non-hydrogen) atoms. The summed E-state index contributed by atoms with van der Waals surface area (Å²) in [5, 5.41) is 0.0588. The zero-order valence-electron chi connectivity index (χ0n) is 9.42.